The fourth-order valence-electron chi connectivity index (χ4n) is 1.63. The van der Waals surface area contributed by atoms with Gasteiger partial charge in [-0.25, -0.2) is 9.78 Å². The SMILES string of the molecule is COC(=O)COc1ccc(NCc2cnc(C)[nH]2)cc1. The Morgan fingerprint density at radius 3 is 2.70 bits per heavy atom. The summed E-state index contributed by atoms with van der Waals surface area (Å²) in [5, 5.41) is 3.26. The minimum atomic E-state index is -0.401. The fourth-order valence-corrected chi connectivity index (χ4v) is 1.63. The number of anilines is 1. The van der Waals surface area contributed by atoms with Gasteiger partial charge in [0.15, 0.2) is 6.61 Å². The predicted molar refractivity (Wildman–Crippen MR) is 74.6 cm³/mol. The lowest BCUT2D eigenvalue weighted by molar-refractivity contribution is -0.142. The van der Waals surface area contributed by atoms with Gasteiger partial charge in [-0.2, -0.15) is 0 Å². The zero-order valence-corrected chi connectivity index (χ0v) is 11.5. The van der Waals surface area contributed by atoms with E-state index in [9.17, 15) is 4.79 Å². The second kappa shape index (κ2) is 6.60. The number of nitrogens with zero attached hydrogens (tertiary/aromatic N) is 1. The van der Waals surface area contributed by atoms with Crippen molar-refractivity contribution in [1.82, 2.24) is 9.97 Å². The van der Waals surface area contributed by atoms with Crippen molar-refractivity contribution in [2.45, 2.75) is 13.5 Å². The monoisotopic (exact) mass is 275 g/mol. The average Bonchev–Trinajstić information content (AvgIpc) is 2.89. The Labute approximate surface area is 117 Å². The summed E-state index contributed by atoms with van der Waals surface area (Å²) in [7, 11) is 1.33. The first-order valence-electron chi connectivity index (χ1n) is 6.21. The van der Waals surface area contributed by atoms with E-state index in [1.165, 1.54) is 7.11 Å². The van der Waals surface area contributed by atoms with Gasteiger partial charge < -0.3 is 19.8 Å². The molecule has 106 valence electrons. The number of rotatable bonds is 6. The lowest BCUT2D eigenvalue weighted by Gasteiger charge is -2.07. The maximum absolute atomic E-state index is 10.9. The van der Waals surface area contributed by atoms with Gasteiger partial charge in [0, 0.05) is 5.69 Å². The van der Waals surface area contributed by atoms with Crippen molar-refractivity contribution in [2.24, 2.45) is 0 Å². The molecule has 0 unspecified atom stereocenters. The summed E-state index contributed by atoms with van der Waals surface area (Å²) in [6.45, 7) is 2.50. The molecular formula is C14H17N3O3. The van der Waals surface area contributed by atoms with Crippen LogP contribution in [0.15, 0.2) is 30.5 Å². The number of carbonyl (C=O) groups is 1. The summed E-state index contributed by atoms with van der Waals surface area (Å²) in [6.07, 6.45) is 1.80. The lowest BCUT2D eigenvalue weighted by atomic mass is 10.3. The van der Waals surface area contributed by atoms with Crippen LogP contribution in [0, 0.1) is 6.92 Å². The van der Waals surface area contributed by atoms with Crippen LogP contribution in [-0.2, 0) is 16.1 Å². The molecule has 0 aliphatic heterocycles. The van der Waals surface area contributed by atoms with Crippen LogP contribution < -0.4 is 10.1 Å². The molecule has 0 fully saturated rings. The van der Waals surface area contributed by atoms with E-state index in [2.05, 4.69) is 20.0 Å². The number of aryl methyl sites for hydroxylation is 1. The van der Waals surface area contributed by atoms with Crippen molar-refractivity contribution < 1.29 is 14.3 Å². The average molecular weight is 275 g/mol. The number of aromatic amines is 1. The number of imidazole rings is 1. The maximum Gasteiger partial charge on any atom is 0.343 e. The molecule has 6 nitrogen and oxygen atoms in total. The van der Waals surface area contributed by atoms with E-state index < -0.39 is 5.97 Å². The summed E-state index contributed by atoms with van der Waals surface area (Å²) < 4.78 is 9.76. The molecule has 0 spiro atoms. The quantitative estimate of drug-likeness (QED) is 0.787. The van der Waals surface area contributed by atoms with E-state index in [-0.39, 0.29) is 6.61 Å². The van der Waals surface area contributed by atoms with E-state index in [1.54, 1.807) is 18.3 Å². The van der Waals surface area contributed by atoms with Crippen LogP contribution in [-0.4, -0.2) is 29.7 Å². The Kier molecular flexibility index (Phi) is 4.60. The van der Waals surface area contributed by atoms with Crippen LogP contribution in [0.25, 0.3) is 0 Å². The van der Waals surface area contributed by atoms with Crippen molar-refractivity contribution in [3.05, 3.63) is 42.0 Å². The van der Waals surface area contributed by atoms with Gasteiger partial charge >= 0.3 is 5.97 Å². The highest BCUT2D eigenvalue weighted by Crippen LogP contribution is 2.16. The molecule has 2 rings (SSSR count). The molecule has 0 radical (unpaired) electrons. The molecule has 0 saturated carbocycles. The number of hydrogen-bond acceptors (Lipinski definition) is 5. The number of ether oxygens (including phenoxy) is 2. The van der Waals surface area contributed by atoms with Gasteiger partial charge in [0.05, 0.1) is 25.5 Å². The number of carbonyl (C=O) groups excluding carboxylic acids is 1. The zero-order chi connectivity index (χ0) is 14.4. The Balaban J connectivity index is 1.83. The molecular weight excluding hydrogens is 258 g/mol. The van der Waals surface area contributed by atoms with Gasteiger partial charge in [0.1, 0.15) is 11.6 Å². The van der Waals surface area contributed by atoms with Crippen LogP contribution in [0.4, 0.5) is 5.69 Å². The van der Waals surface area contributed by atoms with E-state index in [1.807, 2.05) is 19.1 Å². The fraction of sp³-hybridized carbons (Fsp3) is 0.286. The second-order valence-electron chi connectivity index (χ2n) is 4.24. The molecule has 0 amide bonds. The van der Waals surface area contributed by atoms with Gasteiger partial charge in [0.25, 0.3) is 0 Å². The lowest BCUT2D eigenvalue weighted by Crippen LogP contribution is -2.12. The molecule has 6 heteroatoms. The molecule has 20 heavy (non-hydrogen) atoms. The summed E-state index contributed by atoms with van der Waals surface area (Å²) in [6, 6.07) is 7.36. The number of H-pyrrole nitrogens is 1. The van der Waals surface area contributed by atoms with Crippen LogP contribution in [0.2, 0.25) is 0 Å². The van der Waals surface area contributed by atoms with E-state index in [0.29, 0.717) is 12.3 Å². The highest BCUT2D eigenvalue weighted by Gasteiger charge is 2.02. The largest absolute Gasteiger partial charge is 0.482 e. The van der Waals surface area contributed by atoms with Gasteiger partial charge in [-0.1, -0.05) is 0 Å². The van der Waals surface area contributed by atoms with Crippen molar-refractivity contribution in [1.29, 1.82) is 0 Å². The molecule has 0 atom stereocenters. The van der Waals surface area contributed by atoms with Gasteiger partial charge in [-0.15, -0.1) is 0 Å². The predicted octanol–water partition coefficient (Wildman–Crippen LogP) is 1.88. The van der Waals surface area contributed by atoms with Gasteiger partial charge in [0.2, 0.25) is 0 Å². The second-order valence-corrected chi connectivity index (χ2v) is 4.24. The normalized spacial score (nSPS) is 10.1. The third kappa shape index (κ3) is 4.01. The third-order valence-electron chi connectivity index (χ3n) is 2.68. The number of hydrogen-bond donors (Lipinski definition) is 2. The van der Waals surface area contributed by atoms with Crippen LogP contribution in [0.3, 0.4) is 0 Å². The number of methoxy groups -OCH3 is 1. The summed E-state index contributed by atoms with van der Waals surface area (Å²) in [5.41, 5.74) is 1.98. The third-order valence-corrected chi connectivity index (χ3v) is 2.68. The molecule has 0 saturated heterocycles. The Morgan fingerprint density at radius 1 is 1.35 bits per heavy atom. The molecule has 2 N–H and O–H groups in total. The minimum absolute atomic E-state index is 0.0866. The summed E-state index contributed by atoms with van der Waals surface area (Å²) in [4.78, 5) is 18.2. The number of esters is 1. The van der Waals surface area contributed by atoms with Crippen LogP contribution >= 0.6 is 0 Å². The van der Waals surface area contributed by atoms with Crippen molar-refractivity contribution >= 4 is 11.7 Å². The Bertz CT molecular complexity index is 563. The van der Waals surface area contributed by atoms with E-state index in [0.717, 1.165) is 17.2 Å². The topological polar surface area (TPSA) is 76.2 Å². The van der Waals surface area contributed by atoms with Gasteiger partial charge in [-0.05, 0) is 31.2 Å². The van der Waals surface area contributed by atoms with E-state index in [4.69, 9.17) is 4.74 Å². The first-order valence-corrected chi connectivity index (χ1v) is 6.21. The summed E-state index contributed by atoms with van der Waals surface area (Å²) >= 11 is 0. The van der Waals surface area contributed by atoms with Crippen molar-refractivity contribution in [2.75, 3.05) is 19.0 Å². The molecule has 0 aliphatic rings. The zero-order valence-electron chi connectivity index (χ0n) is 11.5. The number of nitrogens with one attached hydrogen (secondary N) is 2. The highest BCUT2D eigenvalue weighted by atomic mass is 16.6. The summed E-state index contributed by atoms with van der Waals surface area (Å²) in [5.74, 6) is 1.12. The molecule has 0 bridgehead atoms. The number of benzene rings is 1. The molecule has 0 aliphatic carbocycles. The Morgan fingerprint density at radius 2 is 2.10 bits per heavy atom. The molecule has 2 aromatic rings. The standard InChI is InChI=1S/C14H17N3O3/c1-10-15-7-12(17-10)8-16-11-3-5-13(6-4-11)20-9-14(18)19-2/h3-7,16H,8-9H2,1-2H3,(H,15,17). The maximum atomic E-state index is 10.9. The first kappa shape index (κ1) is 13.9. The minimum Gasteiger partial charge on any atom is -0.482 e. The van der Waals surface area contributed by atoms with Gasteiger partial charge in [-0.3, -0.25) is 0 Å². The number of aromatic nitrogens is 2. The van der Waals surface area contributed by atoms with Crippen molar-refractivity contribution in [3.8, 4) is 5.75 Å². The smallest absolute Gasteiger partial charge is 0.343 e. The highest BCUT2D eigenvalue weighted by molar-refractivity contribution is 5.70. The molecule has 1 heterocycles. The van der Waals surface area contributed by atoms with Crippen LogP contribution in [0.5, 0.6) is 5.75 Å². The van der Waals surface area contributed by atoms with E-state index >= 15 is 0 Å². The van der Waals surface area contributed by atoms with Crippen LogP contribution in [0.1, 0.15) is 11.5 Å². The molecule has 1 aromatic carbocycles. The first-order chi connectivity index (χ1) is 9.67. The Hall–Kier alpha value is -2.50. The van der Waals surface area contributed by atoms with Crippen molar-refractivity contribution in [3.63, 3.8) is 0 Å². The molecule has 1 aromatic heterocycles.